The van der Waals surface area contributed by atoms with E-state index in [0.29, 0.717) is 10.6 Å². The zero-order valence-corrected chi connectivity index (χ0v) is 16.5. The molecular weight excluding hydrogens is 360 g/mol. The van der Waals surface area contributed by atoms with Crippen LogP contribution in [0, 0.1) is 30.9 Å². The first-order valence-electron chi connectivity index (χ1n) is 8.89. The molecule has 28 heavy (non-hydrogen) atoms. The zero-order valence-electron chi connectivity index (χ0n) is 16.5. The van der Waals surface area contributed by atoms with E-state index in [9.17, 15) is 19.7 Å². The lowest BCUT2D eigenvalue weighted by molar-refractivity contribution is -0.862. The first-order valence-corrected chi connectivity index (χ1v) is 8.89. The number of quaternary nitrogens is 1. The highest BCUT2D eigenvalue weighted by molar-refractivity contribution is 5.94. The number of nitro groups is 1. The third kappa shape index (κ3) is 5.88. The number of nitrogens with zero attached hydrogens (tertiary/aromatic N) is 1. The molecule has 0 aliphatic heterocycles. The minimum Gasteiger partial charge on any atom is -0.322 e. The molecule has 0 heterocycles. The van der Waals surface area contributed by atoms with E-state index in [2.05, 4.69) is 10.6 Å². The molecule has 8 heteroatoms. The standard InChI is InChI=1S/C20H24N4O4/c1-13-8-14(2)20(15(3)9-13)22-19(26)12-23(4)11-18(25)21-16-6-5-7-17(10-16)24(27)28/h5-10H,11-12H2,1-4H3,(H,21,25)(H,22,26)/p+1. The van der Waals surface area contributed by atoms with Crippen molar-refractivity contribution >= 4 is 28.9 Å². The number of non-ortho nitro benzene ring substituents is 1. The van der Waals surface area contributed by atoms with E-state index in [0.717, 1.165) is 22.4 Å². The highest BCUT2D eigenvalue weighted by Crippen LogP contribution is 2.21. The lowest BCUT2D eigenvalue weighted by Gasteiger charge is -2.16. The molecule has 0 aliphatic carbocycles. The molecule has 1 atom stereocenters. The van der Waals surface area contributed by atoms with Crippen LogP contribution >= 0.6 is 0 Å². The summed E-state index contributed by atoms with van der Waals surface area (Å²) in [6.45, 7) is 6.07. The number of carbonyl (C=O) groups is 2. The normalized spacial score (nSPS) is 11.6. The van der Waals surface area contributed by atoms with E-state index in [-0.39, 0.29) is 30.6 Å². The average Bonchev–Trinajstić information content (AvgIpc) is 2.57. The van der Waals surface area contributed by atoms with Crippen LogP contribution in [0.25, 0.3) is 0 Å². The van der Waals surface area contributed by atoms with Crippen molar-refractivity contribution in [1.82, 2.24) is 0 Å². The summed E-state index contributed by atoms with van der Waals surface area (Å²) in [5.74, 6) is -0.510. The molecule has 2 aromatic carbocycles. The van der Waals surface area contributed by atoms with Crippen LogP contribution in [0.3, 0.4) is 0 Å². The van der Waals surface area contributed by atoms with Crippen LogP contribution in [0.4, 0.5) is 17.1 Å². The molecule has 0 spiro atoms. The summed E-state index contributed by atoms with van der Waals surface area (Å²) in [6, 6.07) is 9.74. The van der Waals surface area contributed by atoms with E-state index < -0.39 is 4.92 Å². The van der Waals surface area contributed by atoms with Gasteiger partial charge < -0.3 is 15.5 Å². The van der Waals surface area contributed by atoms with Gasteiger partial charge in [0.25, 0.3) is 17.5 Å². The minimum atomic E-state index is -0.521. The van der Waals surface area contributed by atoms with Crippen molar-refractivity contribution in [3.63, 3.8) is 0 Å². The number of likely N-dealkylation sites (N-methyl/N-ethyl adjacent to an activating group) is 1. The van der Waals surface area contributed by atoms with Gasteiger partial charge in [-0.2, -0.15) is 0 Å². The monoisotopic (exact) mass is 385 g/mol. The Kier molecular flexibility index (Phi) is 6.84. The lowest BCUT2D eigenvalue weighted by Crippen LogP contribution is -3.11. The number of anilines is 2. The van der Waals surface area contributed by atoms with Crippen LogP contribution in [-0.4, -0.2) is 36.9 Å². The lowest BCUT2D eigenvalue weighted by atomic mass is 10.1. The first-order chi connectivity index (χ1) is 13.2. The van der Waals surface area contributed by atoms with Crippen LogP contribution < -0.4 is 15.5 Å². The van der Waals surface area contributed by atoms with E-state index >= 15 is 0 Å². The van der Waals surface area contributed by atoms with Crippen molar-refractivity contribution in [2.45, 2.75) is 20.8 Å². The van der Waals surface area contributed by atoms with Crippen molar-refractivity contribution < 1.29 is 19.4 Å². The van der Waals surface area contributed by atoms with Crippen LogP contribution in [-0.2, 0) is 9.59 Å². The van der Waals surface area contributed by atoms with Gasteiger partial charge in [0.05, 0.1) is 12.0 Å². The molecule has 2 rings (SSSR count). The molecule has 2 amide bonds. The second-order valence-corrected chi connectivity index (χ2v) is 6.99. The SMILES string of the molecule is Cc1cc(C)c(NC(=O)C[NH+](C)CC(=O)Nc2cccc([N+](=O)[O-])c2)c(C)c1. The Morgan fingerprint density at radius 2 is 1.57 bits per heavy atom. The van der Waals surface area contributed by atoms with Crippen molar-refractivity contribution in [1.29, 1.82) is 0 Å². The maximum atomic E-state index is 12.3. The van der Waals surface area contributed by atoms with Gasteiger partial charge in [-0.1, -0.05) is 23.8 Å². The summed E-state index contributed by atoms with van der Waals surface area (Å²) in [7, 11) is 1.74. The quantitative estimate of drug-likeness (QED) is 0.497. The molecule has 0 radical (unpaired) electrons. The Morgan fingerprint density at radius 3 is 2.14 bits per heavy atom. The smallest absolute Gasteiger partial charge is 0.279 e. The number of hydrogen-bond donors (Lipinski definition) is 3. The van der Waals surface area contributed by atoms with Gasteiger partial charge in [0.1, 0.15) is 0 Å². The van der Waals surface area contributed by atoms with Gasteiger partial charge in [0.2, 0.25) is 0 Å². The van der Waals surface area contributed by atoms with Crippen molar-refractivity contribution in [2.75, 3.05) is 30.8 Å². The van der Waals surface area contributed by atoms with Crippen molar-refractivity contribution in [2.24, 2.45) is 0 Å². The summed E-state index contributed by atoms with van der Waals surface area (Å²) >= 11 is 0. The molecule has 148 valence electrons. The summed E-state index contributed by atoms with van der Waals surface area (Å²) in [5.41, 5.74) is 4.17. The van der Waals surface area contributed by atoms with Gasteiger partial charge in [-0.3, -0.25) is 19.7 Å². The third-order valence-corrected chi connectivity index (χ3v) is 4.21. The van der Waals surface area contributed by atoms with Gasteiger partial charge in [-0.05, 0) is 38.0 Å². The number of aryl methyl sites for hydroxylation is 3. The van der Waals surface area contributed by atoms with Crippen LogP contribution in [0.5, 0.6) is 0 Å². The molecule has 1 unspecified atom stereocenters. The molecule has 0 bridgehead atoms. The van der Waals surface area contributed by atoms with Gasteiger partial charge >= 0.3 is 0 Å². The molecule has 0 aromatic heterocycles. The van der Waals surface area contributed by atoms with Crippen LogP contribution in [0.15, 0.2) is 36.4 Å². The molecule has 3 N–H and O–H groups in total. The maximum Gasteiger partial charge on any atom is 0.279 e. The fourth-order valence-corrected chi connectivity index (χ4v) is 3.07. The number of rotatable bonds is 7. The second-order valence-electron chi connectivity index (χ2n) is 6.99. The number of benzene rings is 2. The maximum absolute atomic E-state index is 12.3. The molecule has 0 aliphatic rings. The average molecular weight is 385 g/mol. The van der Waals surface area contributed by atoms with E-state index in [1.807, 2.05) is 32.9 Å². The fourth-order valence-electron chi connectivity index (χ4n) is 3.07. The molecule has 0 fully saturated rings. The highest BCUT2D eigenvalue weighted by Gasteiger charge is 2.16. The van der Waals surface area contributed by atoms with Gasteiger partial charge in [0, 0.05) is 23.5 Å². The van der Waals surface area contributed by atoms with Crippen molar-refractivity contribution in [3.05, 3.63) is 63.2 Å². The number of amides is 2. The Hall–Kier alpha value is -3.26. The second kappa shape index (κ2) is 9.09. The van der Waals surface area contributed by atoms with Gasteiger partial charge in [-0.25, -0.2) is 0 Å². The Balaban J connectivity index is 1.90. The predicted octanol–water partition coefficient (Wildman–Crippen LogP) is 1.61. The first kappa shape index (κ1) is 21.0. The summed E-state index contributed by atoms with van der Waals surface area (Å²) in [5, 5.41) is 16.3. The number of carbonyl (C=O) groups excluding carboxylic acids is 2. The van der Waals surface area contributed by atoms with E-state index in [4.69, 9.17) is 0 Å². The largest absolute Gasteiger partial charge is 0.322 e. The summed E-state index contributed by atoms with van der Waals surface area (Å²) < 4.78 is 0. The number of nitrogens with one attached hydrogen (secondary N) is 3. The Bertz CT molecular complexity index is 888. The molecule has 8 nitrogen and oxygen atoms in total. The highest BCUT2D eigenvalue weighted by atomic mass is 16.6. The Morgan fingerprint density at radius 1 is 1.00 bits per heavy atom. The summed E-state index contributed by atoms with van der Waals surface area (Å²) in [4.78, 5) is 35.5. The topological polar surface area (TPSA) is 106 Å². The fraction of sp³-hybridized carbons (Fsp3) is 0.300. The molecular formula is C20H25N4O4+. The number of hydrogen-bond acceptors (Lipinski definition) is 4. The third-order valence-electron chi connectivity index (χ3n) is 4.21. The molecule has 2 aromatic rings. The van der Waals surface area contributed by atoms with E-state index in [1.54, 1.807) is 13.1 Å². The minimum absolute atomic E-state index is 0.0575. The zero-order chi connectivity index (χ0) is 20.8. The Labute approximate surface area is 163 Å². The van der Waals surface area contributed by atoms with Crippen molar-refractivity contribution in [3.8, 4) is 0 Å². The predicted molar refractivity (Wildman–Crippen MR) is 108 cm³/mol. The van der Waals surface area contributed by atoms with Gasteiger partial charge in [-0.15, -0.1) is 0 Å². The van der Waals surface area contributed by atoms with E-state index in [1.165, 1.54) is 18.2 Å². The van der Waals surface area contributed by atoms with Crippen LogP contribution in [0.2, 0.25) is 0 Å². The number of nitro benzene ring substituents is 1. The van der Waals surface area contributed by atoms with Crippen LogP contribution in [0.1, 0.15) is 16.7 Å². The summed E-state index contributed by atoms with van der Waals surface area (Å²) in [6.07, 6.45) is 0. The molecule has 0 saturated carbocycles. The molecule has 0 saturated heterocycles. The van der Waals surface area contributed by atoms with Gasteiger partial charge in [0.15, 0.2) is 13.1 Å².